The summed E-state index contributed by atoms with van der Waals surface area (Å²) in [7, 11) is 1.69. The average Bonchev–Trinajstić information content (AvgIpc) is 3.09. The van der Waals surface area contributed by atoms with Crippen LogP contribution >= 0.6 is 34.9 Å². The number of pyridine rings is 1. The molecule has 10 nitrogen and oxygen atoms in total. The maximum absolute atomic E-state index is 12.4. The van der Waals surface area contributed by atoms with Crippen LogP contribution < -0.4 is 10.8 Å². The molecular weight excluding hydrogens is 468 g/mol. The number of anilines is 1. The minimum absolute atomic E-state index is 0.102. The number of rotatable bonds is 7. The van der Waals surface area contributed by atoms with Crippen molar-refractivity contribution in [2.24, 2.45) is 0 Å². The molecule has 1 aliphatic rings. The molecule has 166 valence electrons. The third-order valence-corrected chi connectivity index (χ3v) is 5.88. The van der Waals surface area contributed by atoms with Gasteiger partial charge in [0.1, 0.15) is 5.82 Å². The zero-order valence-electron chi connectivity index (χ0n) is 16.7. The molecule has 0 saturated carbocycles. The van der Waals surface area contributed by atoms with E-state index in [1.165, 1.54) is 36.4 Å². The molecule has 0 aromatic carbocycles. The van der Waals surface area contributed by atoms with Gasteiger partial charge in [-0.2, -0.15) is 5.48 Å². The van der Waals surface area contributed by atoms with Crippen LogP contribution in [0.1, 0.15) is 18.7 Å². The maximum Gasteiger partial charge on any atom is 0.434 e. The normalized spacial score (nSPS) is 13.9. The first-order valence-electron chi connectivity index (χ1n) is 8.98. The minimum Gasteiger partial charge on any atom is -0.448 e. The molecule has 3 heterocycles. The summed E-state index contributed by atoms with van der Waals surface area (Å²) in [6.07, 6.45) is -1.08. The summed E-state index contributed by atoms with van der Waals surface area (Å²) in [4.78, 5) is 34.4. The number of hydrogen-bond acceptors (Lipinski definition) is 10. The Morgan fingerprint density at radius 2 is 2.13 bits per heavy atom. The lowest BCUT2D eigenvalue weighted by Gasteiger charge is -2.28. The van der Waals surface area contributed by atoms with Crippen LogP contribution in [0.25, 0.3) is 5.76 Å². The largest absolute Gasteiger partial charge is 0.448 e. The Bertz CT molecular complexity index is 971. The number of ether oxygens (including phenoxy) is 3. The Kier molecular flexibility index (Phi) is 7.85. The van der Waals surface area contributed by atoms with E-state index in [0.717, 1.165) is 4.90 Å². The van der Waals surface area contributed by atoms with Crippen LogP contribution in [0.5, 0.6) is 0 Å². The average molecular weight is 487 g/mol. The molecule has 3 rings (SSSR count). The van der Waals surface area contributed by atoms with Gasteiger partial charge in [-0.25, -0.2) is 14.6 Å². The van der Waals surface area contributed by atoms with Crippen LogP contribution in [0.3, 0.4) is 0 Å². The van der Waals surface area contributed by atoms with E-state index in [-0.39, 0.29) is 18.2 Å². The molecular formula is C18H19ClN4O6S2. The third-order valence-electron chi connectivity index (χ3n) is 3.53. The minimum atomic E-state index is -1.03. The third kappa shape index (κ3) is 6.17. The zero-order chi connectivity index (χ0) is 22.4. The van der Waals surface area contributed by atoms with Crippen molar-refractivity contribution in [1.29, 1.82) is 0 Å². The fraction of sp³-hybridized carbons (Fsp3) is 0.278. The van der Waals surface area contributed by atoms with Gasteiger partial charge in [0, 0.05) is 20.2 Å². The van der Waals surface area contributed by atoms with E-state index < -0.39 is 18.5 Å². The Balaban J connectivity index is 1.82. The quantitative estimate of drug-likeness (QED) is 0.327. The van der Waals surface area contributed by atoms with Gasteiger partial charge in [-0.15, -0.1) is 11.3 Å². The van der Waals surface area contributed by atoms with Crippen molar-refractivity contribution < 1.29 is 28.6 Å². The van der Waals surface area contributed by atoms with Gasteiger partial charge >= 0.3 is 12.2 Å². The molecule has 0 radical (unpaired) electrons. The van der Waals surface area contributed by atoms with Gasteiger partial charge in [0.15, 0.2) is 0 Å². The molecule has 1 aliphatic heterocycles. The molecule has 2 N–H and O–H groups in total. The lowest BCUT2D eigenvalue weighted by atomic mass is 10.4. The Hall–Kier alpha value is -2.67. The van der Waals surface area contributed by atoms with Crippen molar-refractivity contribution in [2.75, 3.05) is 19.0 Å². The van der Waals surface area contributed by atoms with Crippen molar-refractivity contribution in [3.8, 4) is 0 Å². The highest BCUT2D eigenvalue weighted by Crippen LogP contribution is 2.46. The first-order valence-corrected chi connectivity index (χ1v) is 10.9. The summed E-state index contributed by atoms with van der Waals surface area (Å²) in [6.45, 7) is 3.50. The van der Waals surface area contributed by atoms with Crippen LogP contribution in [0.4, 0.5) is 15.4 Å². The number of hydrogen-bond donors (Lipinski definition) is 2. The standard InChI is InChI=1S/C18H19ClN4O6S2/c1-4-26-22-18(25)28-10(2)27-14-15-11(9-12(19)30-15)31-23(3)16(14)29-17(24)21-13-7-5-6-8-20-13/h5-10H,4H2,1-3H3,(H,22,25)(H,20,21,24). The molecule has 0 aliphatic carbocycles. The van der Waals surface area contributed by atoms with Crippen LogP contribution in [0, 0.1) is 0 Å². The number of halogens is 1. The van der Waals surface area contributed by atoms with Crippen LogP contribution in [-0.4, -0.2) is 41.4 Å². The van der Waals surface area contributed by atoms with Gasteiger partial charge in [0.25, 0.3) is 5.88 Å². The van der Waals surface area contributed by atoms with E-state index in [9.17, 15) is 9.59 Å². The second-order valence-corrected chi connectivity index (χ2v) is 8.68. The number of amides is 2. The molecule has 0 spiro atoms. The highest BCUT2D eigenvalue weighted by Gasteiger charge is 2.32. The topological polar surface area (TPSA) is 111 Å². The van der Waals surface area contributed by atoms with Gasteiger partial charge in [-0.1, -0.05) is 17.7 Å². The molecule has 31 heavy (non-hydrogen) atoms. The fourth-order valence-corrected chi connectivity index (χ4v) is 4.69. The molecule has 2 amide bonds. The molecule has 0 bridgehead atoms. The molecule has 0 fully saturated rings. The predicted molar refractivity (Wildman–Crippen MR) is 116 cm³/mol. The van der Waals surface area contributed by atoms with Crippen LogP contribution in [0.2, 0.25) is 4.34 Å². The number of carbonyl (C=O) groups excluding carboxylic acids is 2. The summed E-state index contributed by atoms with van der Waals surface area (Å²) in [5.41, 5.74) is 2.11. The smallest absolute Gasteiger partial charge is 0.434 e. The van der Waals surface area contributed by atoms with E-state index >= 15 is 0 Å². The van der Waals surface area contributed by atoms with E-state index in [4.69, 9.17) is 30.6 Å². The lowest BCUT2D eigenvalue weighted by Crippen LogP contribution is -2.30. The SMILES string of the molecule is CCONC(=O)OC(C)OC1=C(OC(=O)Nc2ccccn2)N(C)Sc2cc(Cl)sc21. The van der Waals surface area contributed by atoms with E-state index in [2.05, 4.69) is 15.8 Å². The predicted octanol–water partition coefficient (Wildman–Crippen LogP) is 4.66. The molecule has 2 aromatic heterocycles. The van der Waals surface area contributed by atoms with Gasteiger partial charge in [0.05, 0.1) is 20.7 Å². The van der Waals surface area contributed by atoms with Gasteiger partial charge in [0.2, 0.25) is 12.0 Å². The summed E-state index contributed by atoms with van der Waals surface area (Å²) in [5, 5.41) is 2.54. The second-order valence-electron chi connectivity index (χ2n) is 5.82. The van der Waals surface area contributed by atoms with Crippen molar-refractivity contribution in [1.82, 2.24) is 14.8 Å². The molecule has 1 atom stereocenters. The summed E-state index contributed by atoms with van der Waals surface area (Å²) < 4.78 is 18.6. The number of hydroxylamine groups is 1. The monoisotopic (exact) mass is 486 g/mol. The highest BCUT2D eigenvalue weighted by molar-refractivity contribution is 7.97. The summed E-state index contributed by atoms with van der Waals surface area (Å²) in [6, 6.07) is 6.84. The Morgan fingerprint density at radius 3 is 2.84 bits per heavy atom. The summed E-state index contributed by atoms with van der Waals surface area (Å²) in [5.74, 6) is 0.622. The molecule has 0 saturated heterocycles. The van der Waals surface area contributed by atoms with E-state index in [1.807, 2.05) is 0 Å². The highest BCUT2D eigenvalue weighted by atomic mass is 35.5. The van der Waals surface area contributed by atoms with Crippen molar-refractivity contribution >= 4 is 58.6 Å². The van der Waals surface area contributed by atoms with Gasteiger partial charge in [-0.3, -0.25) is 14.5 Å². The van der Waals surface area contributed by atoms with Crippen molar-refractivity contribution in [2.45, 2.75) is 25.0 Å². The Labute approximate surface area is 191 Å². The molecule has 13 heteroatoms. The van der Waals surface area contributed by atoms with E-state index in [0.29, 0.717) is 15.0 Å². The number of carbonyl (C=O) groups is 2. The molecule has 1 unspecified atom stereocenters. The van der Waals surface area contributed by atoms with Gasteiger partial charge < -0.3 is 14.2 Å². The zero-order valence-corrected chi connectivity index (χ0v) is 19.1. The number of aromatic nitrogens is 1. The number of nitrogens with one attached hydrogen (secondary N) is 2. The second kappa shape index (κ2) is 10.6. The first-order chi connectivity index (χ1) is 14.9. The van der Waals surface area contributed by atoms with E-state index in [1.54, 1.807) is 42.5 Å². The van der Waals surface area contributed by atoms with Gasteiger partial charge in [-0.05, 0) is 37.1 Å². The fourth-order valence-electron chi connectivity index (χ4n) is 2.37. The number of fused-ring (bicyclic) bond motifs is 1. The maximum atomic E-state index is 12.4. The number of nitrogens with zero attached hydrogens (tertiary/aromatic N) is 2. The van der Waals surface area contributed by atoms with Crippen LogP contribution in [0.15, 0.2) is 41.2 Å². The van der Waals surface area contributed by atoms with Crippen molar-refractivity contribution in [3.63, 3.8) is 0 Å². The lowest BCUT2D eigenvalue weighted by molar-refractivity contribution is -0.0600. The first kappa shape index (κ1) is 23.0. The molecule has 2 aromatic rings. The van der Waals surface area contributed by atoms with Crippen molar-refractivity contribution in [3.05, 3.63) is 45.6 Å². The van der Waals surface area contributed by atoms with Crippen LogP contribution in [-0.2, 0) is 19.0 Å². The number of thiophene rings is 1. The Morgan fingerprint density at radius 1 is 1.32 bits per heavy atom. The summed E-state index contributed by atoms with van der Waals surface area (Å²) >= 11 is 8.72.